The maximum absolute atomic E-state index is 14.4. The minimum absolute atomic E-state index is 0.109. The van der Waals surface area contributed by atoms with Crippen molar-refractivity contribution in [3.8, 4) is 0 Å². The summed E-state index contributed by atoms with van der Waals surface area (Å²) < 4.78 is 28.9. The van der Waals surface area contributed by atoms with Crippen LogP contribution in [-0.4, -0.2) is 40.8 Å². The van der Waals surface area contributed by atoms with E-state index >= 15 is 0 Å². The number of Topliss-reactive ketones (excluding diaryl/α,β-unsaturated/α-hetero) is 1. The molecule has 0 saturated carbocycles. The molecule has 1 unspecified atom stereocenters. The van der Waals surface area contributed by atoms with Crippen molar-refractivity contribution < 1.29 is 28.3 Å². The topological polar surface area (TPSA) is 74.7 Å². The summed E-state index contributed by atoms with van der Waals surface area (Å²) in [4.78, 5) is 40.1. The quantitative estimate of drug-likeness (QED) is 0.132. The predicted octanol–water partition coefficient (Wildman–Crippen LogP) is 8.02. The zero-order valence-corrected chi connectivity index (χ0v) is 24.4. The van der Waals surface area contributed by atoms with Crippen LogP contribution in [0.4, 0.5) is 8.78 Å². The fraction of sp³-hybridized carbons (Fsp3) is 0.400. The van der Waals surface area contributed by atoms with Crippen LogP contribution in [0.2, 0.25) is 0 Å². The van der Waals surface area contributed by atoms with E-state index in [1.54, 1.807) is 18.2 Å². The molecule has 0 spiro atoms. The molecule has 1 heterocycles. The molecule has 0 radical (unpaired) electrons. The first-order valence-electron chi connectivity index (χ1n) is 14.9. The molecule has 0 aromatic heterocycles. The highest BCUT2D eigenvalue weighted by Crippen LogP contribution is 2.26. The normalized spacial score (nSPS) is 16.5. The molecule has 0 aliphatic carbocycles. The lowest BCUT2D eigenvalue weighted by atomic mass is 9.92. The van der Waals surface area contributed by atoms with E-state index in [4.69, 9.17) is 0 Å². The minimum Gasteiger partial charge on any atom is -0.481 e. The number of likely N-dealkylation sites (tertiary alicyclic amines) is 1. The van der Waals surface area contributed by atoms with Gasteiger partial charge in [-0.25, -0.2) is 8.78 Å². The highest BCUT2D eigenvalue weighted by Gasteiger charge is 2.33. The van der Waals surface area contributed by atoms with Gasteiger partial charge in [0.2, 0.25) is 5.91 Å². The smallest absolute Gasteiger partial charge is 0.304 e. The van der Waals surface area contributed by atoms with Crippen LogP contribution in [0.5, 0.6) is 0 Å². The Kier molecular flexibility index (Phi) is 13.3. The van der Waals surface area contributed by atoms with Crippen molar-refractivity contribution in [2.24, 2.45) is 5.92 Å². The van der Waals surface area contributed by atoms with E-state index in [1.165, 1.54) is 85.6 Å². The molecule has 7 heteroatoms. The van der Waals surface area contributed by atoms with E-state index in [2.05, 4.69) is 6.92 Å². The van der Waals surface area contributed by atoms with Gasteiger partial charge in [-0.15, -0.1) is 0 Å². The zero-order valence-electron chi connectivity index (χ0n) is 24.4. The van der Waals surface area contributed by atoms with Crippen LogP contribution in [-0.2, 0) is 14.4 Å². The number of hydrogen-bond acceptors (Lipinski definition) is 3. The van der Waals surface area contributed by atoms with E-state index < -0.39 is 41.6 Å². The van der Waals surface area contributed by atoms with Crippen LogP contribution in [0.3, 0.4) is 0 Å². The number of benzene rings is 2. The van der Waals surface area contributed by atoms with Gasteiger partial charge in [0.1, 0.15) is 11.6 Å². The largest absolute Gasteiger partial charge is 0.481 e. The summed E-state index contributed by atoms with van der Waals surface area (Å²) in [6.45, 7) is 1.98. The van der Waals surface area contributed by atoms with Crippen molar-refractivity contribution in [1.29, 1.82) is 0 Å². The maximum Gasteiger partial charge on any atom is 0.304 e. The molecular weight excluding hydrogens is 536 g/mol. The zero-order chi connectivity index (χ0) is 30.3. The summed E-state index contributed by atoms with van der Waals surface area (Å²) in [7, 11) is 0. The number of halogens is 2. The average Bonchev–Trinajstić information content (AvgIpc) is 2.97. The van der Waals surface area contributed by atoms with Gasteiger partial charge in [-0.05, 0) is 37.1 Å². The molecular formula is C35H41F2NO4. The van der Waals surface area contributed by atoms with Gasteiger partial charge < -0.3 is 10.0 Å². The number of carbonyl (C=O) groups excluding carboxylic acids is 2. The molecule has 5 nitrogen and oxygen atoms in total. The van der Waals surface area contributed by atoms with Gasteiger partial charge in [0.05, 0.1) is 12.3 Å². The first-order valence-corrected chi connectivity index (χ1v) is 14.9. The molecule has 1 N–H and O–H groups in total. The second-order valence-corrected chi connectivity index (χ2v) is 10.8. The van der Waals surface area contributed by atoms with Crippen LogP contribution in [0.15, 0.2) is 71.8 Å². The van der Waals surface area contributed by atoms with Crippen molar-refractivity contribution in [2.75, 3.05) is 13.1 Å². The third kappa shape index (κ3) is 10.2. The first kappa shape index (κ1) is 32.6. The number of unbranched alkanes of at least 4 members (excludes halogenated alkanes) is 8. The number of nitrogens with zero attached hydrogens (tertiary/aromatic N) is 1. The molecule has 42 heavy (non-hydrogen) atoms. The molecule has 0 bridgehead atoms. The first-order chi connectivity index (χ1) is 20.3. The van der Waals surface area contributed by atoms with Crippen LogP contribution < -0.4 is 0 Å². The summed E-state index contributed by atoms with van der Waals surface area (Å²) in [6, 6.07) is 12.0. The summed E-state index contributed by atoms with van der Waals surface area (Å²) in [6.07, 6.45) is 16.1. The average molecular weight is 578 g/mol. The number of allylic oxidation sites excluding steroid dienone is 1. The minimum atomic E-state index is -1.11. The highest BCUT2D eigenvalue weighted by molar-refractivity contribution is 6.15. The van der Waals surface area contributed by atoms with Gasteiger partial charge in [0.15, 0.2) is 5.78 Å². The maximum atomic E-state index is 14.4. The van der Waals surface area contributed by atoms with Gasteiger partial charge in [-0.1, -0.05) is 100 Å². The Labute approximate surface area is 247 Å². The number of carbonyl (C=O) groups is 3. The Morgan fingerprint density at radius 1 is 0.833 bits per heavy atom. The molecule has 1 aliphatic heterocycles. The Morgan fingerprint density at radius 3 is 1.83 bits per heavy atom. The number of hydrogen-bond donors (Lipinski definition) is 1. The van der Waals surface area contributed by atoms with Gasteiger partial charge in [0.25, 0.3) is 0 Å². The van der Waals surface area contributed by atoms with Crippen LogP contribution in [0, 0.1) is 17.6 Å². The lowest BCUT2D eigenvalue weighted by Gasteiger charge is -2.32. The fourth-order valence-electron chi connectivity index (χ4n) is 5.07. The third-order valence-electron chi connectivity index (χ3n) is 7.39. The molecule has 2 aromatic carbocycles. The lowest BCUT2D eigenvalue weighted by Crippen LogP contribution is -2.44. The molecule has 1 fully saturated rings. The van der Waals surface area contributed by atoms with Crippen LogP contribution in [0.1, 0.15) is 82.3 Å². The van der Waals surface area contributed by atoms with Crippen molar-refractivity contribution in [2.45, 2.75) is 71.1 Å². The van der Waals surface area contributed by atoms with Crippen LogP contribution >= 0.6 is 0 Å². The molecule has 224 valence electrons. The summed E-state index contributed by atoms with van der Waals surface area (Å²) in [5.41, 5.74) is 0.707. The predicted molar refractivity (Wildman–Crippen MR) is 162 cm³/mol. The highest BCUT2D eigenvalue weighted by atomic mass is 19.1. The van der Waals surface area contributed by atoms with Crippen molar-refractivity contribution in [3.63, 3.8) is 0 Å². The van der Waals surface area contributed by atoms with E-state index in [-0.39, 0.29) is 35.4 Å². The summed E-state index contributed by atoms with van der Waals surface area (Å²) >= 11 is 0. The summed E-state index contributed by atoms with van der Waals surface area (Å²) in [5, 5.41) is 9.52. The Hall–Kier alpha value is -3.87. The number of carboxylic acids is 1. The second kappa shape index (κ2) is 17.2. The van der Waals surface area contributed by atoms with E-state index in [1.807, 2.05) is 6.08 Å². The molecule has 1 aliphatic rings. The van der Waals surface area contributed by atoms with Gasteiger partial charge in [-0.3, -0.25) is 14.4 Å². The number of piperidine rings is 1. The monoisotopic (exact) mass is 577 g/mol. The Morgan fingerprint density at radius 2 is 1.33 bits per heavy atom. The second-order valence-electron chi connectivity index (χ2n) is 10.8. The van der Waals surface area contributed by atoms with Crippen molar-refractivity contribution in [3.05, 3.63) is 94.6 Å². The number of amides is 1. The Bertz CT molecular complexity index is 1250. The number of aliphatic carboxylic acids is 1. The molecule has 1 atom stereocenters. The SMILES string of the molecule is CCCCCCCCCC/C=C/C(CC(=O)O)C(=O)N1C/C(=C\c2ccccc2F)C(=O)/C(=C/c2ccccc2F)C1. The molecule has 1 saturated heterocycles. The number of carboxylic acid groups (broad SMARTS) is 1. The van der Waals surface area contributed by atoms with Crippen molar-refractivity contribution >= 4 is 29.8 Å². The number of rotatable bonds is 15. The fourth-order valence-corrected chi connectivity index (χ4v) is 5.07. The van der Waals surface area contributed by atoms with E-state index in [9.17, 15) is 28.3 Å². The van der Waals surface area contributed by atoms with E-state index in [0.29, 0.717) is 0 Å². The third-order valence-corrected chi connectivity index (χ3v) is 7.39. The Balaban J connectivity index is 1.79. The lowest BCUT2D eigenvalue weighted by molar-refractivity contribution is -0.143. The standard InChI is InChI=1S/C35H41F2NO4/c1-2-3-4-5-6-7-8-9-10-11-18-28(23-33(39)40)35(42)38-24-29(21-26-16-12-14-19-31(26)36)34(41)30(25-38)22-27-17-13-15-20-32(27)37/h11-22,28H,2-10,23-25H2,1H3,(H,39,40)/b18-11+,29-21+,30-22+. The van der Waals surface area contributed by atoms with Gasteiger partial charge >= 0.3 is 5.97 Å². The molecule has 3 rings (SSSR count). The van der Waals surface area contributed by atoms with Crippen molar-refractivity contribution in [1.82, 2.24) is 4.90 Å². The molecule has 2 aromatic rings. The summed E-state index contributed by atoms with van der Waals surface area (Å²) in [5.74, 6) is -3.93. The van der Waals surface area contributed by atoms with Gasteiger partial charge in [0, 0.05) is 35.4 Å². The number of ketones is 1. The van der Waals surface area contributed by atoms with E-state index in [0.717, 1.165) is 25.7 Å². The van der Waals surface area contributed by atoms with Crippen LogP contribution in [0.25, 0.3) is 12.2 Å². The molecule has 1 amide bonds. The van der Waals surface area contributed by atoms with Gasteiger partial charge in [-0.2, -0.15) is 0 Å².